The summed E-state index contributed by atoms with van der Waals surface area (Å²) < 4.78 is 0. The fourth-order valence-electron chi connectivity index (χ4n) is 2.50. The van der Waals surface area contributed by atoms with Crippen LogP contribution in [0.5, 0.6) is 0 Å². The van der Waals surface area contributed by atoms with Crippen LogP contribution in [-0.2, 0) is 12.8 Å². The smallest absolute Gasteiger partial charge is 0.0795 e. The Morgan fingerprint density at radius 1 is 1.19 bits per heavy atom. The normalized spacial score (nSPS) is 17.2. The summed E-state index contributed by atoms with van der Waals surface area (Å²) in [7, 11) is 0. The summed E-state index contributed by atoms with van der Waals surface area (Å²) in [6.45, 7) is 6.51. The molecule has 1 nitrogen and oxygen atoms in total. The van der Waals surface area contributed by atoms with E-state index in [2.05, 4.69) is 39.0 Å². The lowest BCUT2D eigenvalue weighted by atomic mass is 9.86. The standard InChI is InChI=1S/C15H22O/c1-15(2,3)10-14(16)13-8-7-11-5-4-6-12(11)9-13/h7-9,14,16H,4-6,10H2,1-3H3. The molecule has 0 saturated carbocycles. The van der Waals surface area contributed by atoms with Gasteiger partial charge in [-0.2, -0.15) is 0 Å². The molecule has 0 aromatic heterocycles. The summed E-state index contributed by atoms with van der Waals surface area (Å²) in [6, 6.07) is 6.50. The van der Waals surface area contributed by atoms with Crippen LogP contribution >= 0.6 is 0 Å². The van der Waals surface area contributed by atoms with Gasteiger partial charge in [0, 0.05) is 0 Å². The first-order valence-electron chi connectivity index (χ1n) is 6.25. The third-order valence-corrected chi connectivity index (χ3v) is 3.31. The van der Waals surface area contributed by atoms with Gasteiger partial charge in [0.05, 0.1) is 6.10 Å². The van der Waals surface area contributed by atoms with Gasteiger partial charge in [-0.1, -0.05) is 39.0 Å². The lowest BCUT2D eigenvalue weighted by Crippen LogP contribution is -2.11. The molecule has 0 heterocycles. The Balaban J connectivity index is 2.15. The predicted octanol–water partition coefficient (Wildman–Crippen LogP) is 3.64. The van der Waals surface area contributed by atoms with Crippen LogP contribution in [0.2, 0.25) is 0 Å². The van der Waals surface area contributed by atoms with E-state index in [9.17, 15) is 5.11 Å². The zero-order valence-corrected chi connectivity index (χ0v) is 10.6. The fourth-order valence-corrected chi connectivity index (χ4v) is 2.50. The summed E-state index contributed by atoms with van der Waals surface area (Å²) in [5.41, 5.74) is 4.20. The second-order valence-corrected chi connectivity index (χ2v) is 6.16. The Labute approximate surface area is 98.5 Å². The molecule has 0 saturated heterocycles. The first-order valence-corrected chi connectivity index (χ1v) is 6.25. The Bertz CT molecular complexity index is 374. The van der Waals surface area contributed by atoms with E-state index in [1.54, 1.807) is 0 Å². The second kappa shape index (κ2) is 4.21. The first kappa shape index (κ1) is 11.7. The molecule has 88 valence electrons. The molecule has 16 heavy (non-hydrogen) atoms. The minimum absolute atomic E-state index is 0.179. The number of aliphatic hydroxyl groups excluding tert-OH is 1. The van der Waals surface area contributed by atoms with Gasteiger partial charge in [0.1, 0.15) is 0 Å². The summed E-state index contributed by atoms with van der Waals surface area (Å²) in [5.74, 6) is 0. The Hall–Kier alpha value is -0.820. The van der Waals surface area contributed by atoms with Gasteiger partial charge in [-0.15, -0.1) is 0 Å². The third-order valence-electron chi connectivity index (χ3n) is 3.31. The number of hydrogen-bond donors (Lipinski definition) is 1. The molecule has 1 heteroatoms. The Kier molecular flexibility index (Phi) is 3.07. The largest absolute Gasteiger partial charge is 0.388 e. The van der Waals surface area contributed by atoms with Crippen LogP contribution in [0.15, 0.2) is 18.2 Å². The molecular formula is C15H22O. The molecule has 0 spiro atoms. The number of rotatable bonds is 2. The van der Waals surface area contributed by atoms with Crippen molar-refractivity contribution in [3.8, 4) is 0 Å². The van der Waals surface area contributed by atoms with Crippen LogP contribution in [-0.4, -0.2) is 5.11 Å². The fraction of sp³-hybridized carbons (Fsp3) is 0.600. The molecule has 0 aliphatic heterocycles. The Morgan fingerprint density at radius 3 is 2.56 bits per heavy atom. The molecule has 1 aliphatic carbocycles. The van der Waals surface area contributed by atoms with Gasteiger partial charge < -0.3 is 5.11 Å². The van der Waals surface area contributed by atoms with E-state index in [-0.39, 0.29) is 11.5 Å². The number of hydrogen-bond acceptors (Lipinski definition) is 1. The van der Waals surface area contributed by atoms with Gasteiger partial charge in [-0.3, -0.25) is 0 Å². The summed E-state index contributed by atoms with van der Waals surface area (Å²) in [5, 5.41) is 10.2. The molecule has 1 N–H and O–H groups in total. The van der Waals surface area contributed by atoms with Gasteiger partial charge in [-0.25, -0.2) is 0 Å². The van der Waals surface area contributed by atoms with Crippen LogP contribution in [0.3, 0.4) is 0 Å². The van der Waals surface area contributed by atoms with E-state index < -0.39 is 0 Å². The van der Waals surface area contributed by atoms with Crippen LogP contribution in [0.1, 0.15) is 56.4 Å². The number of aliphatic hydroxyl groups is 1. The predicted molar refractivity (Wildman–Crippen MR) is 67.5 cm³/mol. The van der Waals surface area contributed by atoms with Crippen LogP contribution in [0.25, 0.3) is 0 Å². The van der Waals surface area contributed by atoms with Crippen molar-refractivity contribution in [2.75, 3.05) is 0 Å². The highest BCUT2D eigenvalue weighted by molar-refractivity contribution is 5.36. The maximum Gasteiger partial charge on any atom is 0.0795 e. The quantitative estimate of drug-likeness (QED) is 0.803. The van der Waals surface area contributed by atoms with Gasteiger partial charge in [0.15, 0.2) is 0 Å². The number of benzene rings is 1. The van der Waals surface area contributed by atoms with Crippen molar-refractivity contribution in [1.82, 2.24) is 0 Å². The maximum absolute atomic E-state index is 10.2. The highest BCUT2D eigenvalue weighted by Gasteiger charge is 2.19. The second-order valence-electron chi connectivity index (χ2n) is 6.16. The molecule has 2 rings (SSSR count). The van der Waals surface area contributed by atoms with E-state index in [4.69, 9.17) is 0 Å². The van der Waals surface area contributed by atoms with E-state index in [1.807, 2.05) is 0 Å². The van der Waals surface area contributed by atoms with E-state index in [1.165, 1.54) is 30.4 Å². The van der Waals surface area contributed by atoms with Crippen LogP contribution in [0.4, 0.5) is 0 Å². The summed E-state index contributed by atoms with van der Waals surface area (Å²) in [4.78, 5) is 0. The van der Waals surface area contributed by atoms with Crippen molar-refractivity contribution in [3.05, 3.63) is 34.9 Å². The maximum atomic E-state index is 10.2. The van der Waals surface area contributed by atoms with E-state index in [0.29, 0.717) is 0 Å². The van der Waals surface area contributed by atoms with Crippen LogP contribution in [0, 0.1) is 5.41 Å². The zero-order chi connectivity index (χ0) is 11.8. The molecule has 0 amide bonds. The number of fused-ring (bicyclic) bond motifs is 1. The van der Waals surface area contributed by atoms with Gasteiger partial charge in [0.2, 0.25) is 0 Å². The first-order chi connectivity index (χ1) is 7.46. The lowest BCUT2D eigenvalue weighted by Gasteiger charge is -2.23. The van der Waals surface area contributed by atoms with Gasteiger partial charge >= 0.3 is 0 Å². The Morgan fingerprint density at radius 2 is 1.88 bits per heavy atom. The van der Waals surface area contributed by atoms with Crippen molar-refractivity contribution in [3.63, 3.8) is 0 Å². The minimum Gasteiger partial charge on any atom is -0.388 e. The average Bonchev–Trinajstić information content (AvgIpc) is 2.61. The molecule has 1 aromatic carbocycles. The van der Waals surface area contributed by atoms with Crippen molar-refractivity contribution in [2.24, 2.45) is 5.41 Å². The van der Waals surface area contributed by atoms with E-state index >= 15 is 0 Å². The van der Waals surface area contributed by atoms with Crippen molar-refractivity contribution >= 4 is 0 Å². The number of aryl methyl sites for hydroxylation is 2. The molecule has 0 bridgehead atoms. The molecular weight excluding hydrogens is 196 g/mol. The van der Waals surface area contributed by atoms with Crippen LogP contribution < -0.4 is 0 Å². The average molecular weight is 218 g/mol. The molecule has 0 radical (unpaired) electrons. The summed E-state index contributed by atoms with van der Waals surface area (Å²) in [6.07, 6.45) is 4.18. The molecule has 1 unspecified atom stereocenters. The summed E-state index contributed by atoms with van der Waals surface area (Å²) >= 11 is 0. The van der Waals surface area contributed by atoms with Gasteiger partial charge in [-0.05, 0) is 47.8 Å². The minimum atomic E-state index is -0.314. The highest BCUT2D eigenvalue weighted by Crippen LogP contribution is 2.31. The van der Waals surface area contributed by atoms with Crippen molar-refractivity contribution < 1.29 is 5.11 Å². The monoisotopic (exact) mass is 218 g/mol. The lowest BCUT2D eigenvalue weighted by molar-refractivity contribution is 0.122. The molecule has 1 aliphatic rings. The van der Waals surface area contributed by atoms with Crippen molar-refractivity contribution in [1.29, 1.82) is 0 Å². The van der Waals surface area contributed by atoms with Crippen molar-refractivity contribution in [2.45, 2.75) is 52.6 Å². The topological polar surface area (TPSA) is 20.2 Å². The zero-order valence-electron chi connectivity index (χ0n) is 10.6. The SMILES string of the molecule is CC(C)(C)CC(O)c1ccc2c(c1)CCC2. The third kappa shape index (κ3) is 2.65. The molecule has 1 aromatic rings. The molecule has 1 atom stereocenters. The highest BCUT2D eigenvalue weighted by atomic mass is 16.3. The van der Waals surface area contributed by atoms with Gasteiger partial charge in [0.25, 0.3) is 0 Å². The van der Waals surface area contributed by atoms with E-state index in [0.717, 1.165) is 12.0 Å². The molecule has 0 fully saturated rings.